The molecule has 88 valence electrons. The van der Waals surface area contributed by atoms with Gasteiger partial charge in [0.2, 0.25) is 0 Å². The van der Waals surface area contributed by atoms with E-state index in [0.29, 0.717) is 6.04 Å². The van der Waals surface area contributed by atoms with Crippen LogP contribution in [0.5, 0.6) is 0 Å². The Kier molecular flexibility index (Phi) is 4.37. The Hall–Kier alpha value is -0.860. The number of rotatable bonds is 5. The predicted molar refractivity (Wildman–Crippen MR) is 68.7 cm³/mol. The highest BCUT2D eigenvalue weighted by Gasteiger charge is 2.17. The molecule has 0 aliphatic carbocycles. The highest BCUT2D eigenvalue weighted by Crippen LogP contribution is 2.25. The molecule has 1 aromatic rings. The van der Waals surface area contributed by atoms with Gasteiger partial charge in [0.1, 0.15) is 0 Å². The largest absolute Gasteiger partial charge is 0.317 e. The first-order valence-electron chi connectivity index (χ1n) is 6.43. The second kappa shape index (κ2) is 6.02. The second-order valence-electron chi connectivity index (χ2n) is 4.45. The average Bonchev–Trinajstić information content (AvgIpc) is 2.35. The van der Waals surface area contributed by atoms with Crippen LogP contribution >= 0.6 is 0 Å². The minimum absolute atomic E-state index is 0.573. The third-order valence-electron chi connectivity index (χ3n) is 3.31. The molecular formula is C14H22N2. The van der Waals surface area contributed by atoms with Crippen molar-refractivity contribution >= 4 is 0 Å². The smallest absolute Gasteiger partial charge is 0.0323 e. The first kappa shape index (κ1) is 11.6. The minimum atomic E-state index is 0.573. The summed E-state index contributed by atoms with van der Waals surface area (Å²) in [6, 6.07) is 9.43. The fourth-order valence-corrected chi connectivity index (χ4v) is 2.46. The van der Waals surface area contributed by atoms with E-state index in [9.17, 15) is 0 Å². The van der Waals surface area contributed by atoms with Crippen molar-refractivity contribution in [2.75, 3.05) is 19.6 Å². The van der Waals surface area contributed by atoms with Gasteiger partial charge in [0.05, 0.1) is 0 Å². The molecule has 1 heterocycles. The van der Waals surface area contributed by atoms with Gasteiger partial charge in [0, 0.05) is 6.04 Å². The van der Waals surface area contributed by atoms with Gasteiger partial charge in [-0.3, -0.25) is 0 Å². The van der Waals surface area contributed by atoms with Crippen LogP contribution in [-0.2, 0) is 6.42 Å². The normalized spacial score (nSPS) is 19.4. The van der Waals surface area contributed by atoms with Crippen LogP contribution in [0.25, 0.3) is 0 Å². The molecule has 2 heteroatoms. The molecule has 0 saturated carbocycles. The molecule has 16 heavy (non-hydrogen) atoms. The van der Waals surface area contributed by atoms with Crippen LogP contribution in [0.2, 0.25) is 0 Å². The number of nitrogens with one attached hydrogen (secondary N) is 2. The standard InChI is InChI=1S/C14H22N2/c1-2-15-10-5-8-14-13-7-4-3-6-12(13)9-11-16-14/h3-4,6-7,14-16H,2,5,8-11H2,1H3. The zero-order valence-electron chi connectivity index (χ0n) is 10.1. The summed E-state index contributed by atoms with van der Waals surface area (Å²) < 4.78 is 0. The van der Waals surface area contributed by atoms with Crippen LogP contribution in [0.4, 0.5) is 0 Å². The van der Waals surface area contributed by atoms with Crippen LogP contribution < -0.4 is 10.6 Å². The molecule has 0 aromatic heterocycles. The third kappa shape index (κ3) is 2.83. The fourth-order valence-electron chi connectivity index (χ4n) is 2.46. The van der Waals surface area contributed by atoms with Gasteiger partial charge in [-0.2, -0.15) is 0 Å². The van der Waals surface area contributed by atoms with Crippen LogP contribution in [-0.4, -0.2) is 19.6 Å². The second-order valence-corrected chi connectivity index (χ2v) is 4.45. The molecule has 0 fully saturated rings. The van der Waals surface area contributed by atoms with Crippen molar-refractivity contribution in [3.63, 3.8) is 0 Å². The van der Waals surface area contributed by atoms with Gasteiger partial charge in [-0.1, -0.05) is 31.2 Å². The molecule has 1 aliphatic heterocycles. The third-order valence-corrected chi connectivity index (χ3v) is 3.31. The summed E-state index contributed by atoms with van der Waals surface area (Å²) in [5.74, 6) is 0. The van der Waals surface area contributed by atoms with Crippen molar-refractivity contribution in [1.29, 1.82) is 0 Å². The van der Waals surface area contributed by atoms with Gasteiger partial charge < -0.3 is 10.6 Å². The Morgan fingerprint density at radius 3 is 3.12 bits per heavy atom. The molecule has 2 rings (SSSR count). The quantitative estimate of drug-likeness (QED) is 0.741. The van der Waals surface area contributed by atoms with Crippen molar-refractivity contribution < 1.29 is 0 Å². The summed E-state index contributed by atoms with van der Waals surface area (Å²) in [6.07, 6.45) is 3.67. The van der Waals surface area contributed by atoms with E-state index in [1.165, 1.54) is 30.4 Å². The van der Waals surface area contributed by atoms with Gasteiger partial charge in [-0.05, 0) is 50.0 Å². The topological polar surface area (TPSA) is 24.1 Å². The van der Waals surface area contributed by atoms with Crippen molar-refractivity contribution in [2.45, 2.75) is 32.2 Å². The van der Waals surface area contributed by atoms with E-state index in [4.69, 9.17) is 0 Å². The lowest BCUT2D eigenvalue weighted by atomic mass is 9.92. The summed E-state index contributed by atoms with van der Waals surface area (Å²) in [5, 5.41) is 7.01. The lowest BCUT2D eigenvalue weighted by Gasteiger charge is -2.27. The summed E-state index contributed by atoms with van der Waals surface area (Å²) in [4.78, 5) is 0. The van der Waals surface area contributed by atoms with Crippen LogP contribution in [0.15, 0.2) is 24.3 Å². The Morgan fingerprint density at radius 2 is 2.25 bits per heavy atom. The van der Waals surface area contributed by atoms with Crippen molar-refractivity contribution in [3.8, 4) is 0 Å². The van der Waals surface area contributed by atoms with Crippen LogP contribution in [0, 0.1) is 0 Å². The summed E-state index contributed by atoms with van der Waals surface area (Å²) in [6.45, 7) is 5.50. The molecule has 0 spiro atoms. The highest BCUT2D eigenvalue weighted by molar-refractivity contribution is 5.32. The summed E-state index contributed by atoms with van der Waals surface area (Å²) in [5.41, 5.74) is 3.06. The molecule has 1 aromatic carbocycles. The SMILES string of the molecule is CCNCCCC1NCCc2ccccc21. The monoisotopic (exact) mass is 218 g/mol. The molecule has 1 unspecified atom stereocenters. The molecule has 2 N–H and O–H groups in total. The Bertz CT molecular complexity index is 322. The van der Waals surface area contributed by atoms with Crippen molar-refractivity contribution in [1.82, 2.24) is 10.6 Å². The molecule has 0 amide bonds. The molecule has 1 aliphatic rings. The van der Waals surface area contributed by atoms with Gasteiger partial charge >= 0.3 is 0 Å². The van der Waals surface area contributed by atoms with Gasteiger partial charge in [0.25, 0.3) is 0 Å². The predicted octanol–water partition coefficient (Wildman–Crippen LogP) is 2.26. The maximum Gasteiger partial charge on any atom is 0.0323 e. The Balaban J connectivity index is 1.91. The van der Waals surface area contributed by atoms with E-state index in [-0.39, 0.29) is 0 Å². The first-order chi connectivity index (χ1) is 7.92. The zero-order chi connectivity index (χ0) is 11.2. The average molecular weight is 218 g/mol. The minimum Gasteiger partial charge on any atom is -0.317 e. The fraction of sp³-hybridized carbons (Fsp3) is 0.571. The van der Waals surface area contributed by atoms with E-state index < -0.39 is 0 Å². The molecule has 2 nitrogen and oxygen atoms in total. The van der Waals surface area contributed by atoms with E-state index in [0.717, 1.165) is 19.6 Å². The van der Waals surface area contributed by atoms with E-state index >= 15 is 0 Å². The van der Waals surface area contributed by atoms with E-state index in [1.807, 2.05) is 0 Å². The molecule has 0 radical (unpaired) electrons. The first-order valence-corrected chi connectivity index (χ1v) is 6.43. The number of benzene rings is 1. The number of fused-ring (bicyclic) bond motifs is 1. The lowest BCUT2D eigenvalue weighted by Crippen LogP contribution is -2.30. The molecule has 0 saturated heterocycles. The van der Waals surface area contributed by atoms with Crippen molar-refractivity contribution in [3.05, 3.63) is 35.4 Å². The van der Waals surface area contributed by atoms with Crippen molar-refractivity contribution in [2.24, 2.45) is 0 Å². The van der Waals surface area contributed by atoms with E-state index in [1.54, 1.807) is 0 Å². The molecule has 1 atom stereocenters. The number of hydrogen-bond donors (Lipinski definition) is 2. The Morgan fingerprint density at radius 1 is 1.38 bits per heavy atom. The van der Waals surface area contributed by atoms with Gasteiger partial charge in [-0.25, -0.2) is 0 Å². The zero-order valence-corrected chi connectivity index (χ0v) is 10.1. The van der Waals surface area contributed by atoms with Crippen LogP contribution in [0.1, 0.15) is 36.9 Å². The lowest BCUT2D eigenvalue weighted by molar-refractivity contribution is 0.456. The van der Waals surface area contributed by atoms with E-state index in [2.05, 4.69) is 41.8 Å². The molecule has 0 bridgehead atoms. The number of hydrogen-bond acceptors (Lipinski definition) is 2. The summed E-state index contributed by atoms with van der Waals surface area (Å²) in [7, 11) is 0. The highest BCUT2D eigenvalue weighted by atomic mass is 14.9. The van der Waals surface area contributed by atoms with Crippen LogP contribution in [0.3, 0.4) is 0 Å². The maximum atomic E-state index is 3.62. The Labute approximate surface area is 98.4 Å². The van der Waals surface area contributed by atoms with Gasteiger partial charge in [-0.15, -0.1) is 0 Å². The summed E-state index contributed by atoms with van der Waals surface area (Å²) >= 11 is 0. The maximum absolute atomic E-state index is 3.62. The van der Waals surface area contributed by atoms with Gasteiger partial charge in [0.15, 0.2) is 0 Å². The molecular weight excluding hydrogens is 196 g/mol.